The first-order valence-corrected chi connectivity index (χ1v) is 8.83. The summed E-state index contributed by atoms with van der Waals surface area (Å²) in [6.07, 6.45) is -0.772. The molecule has 0 aliphatic rings. The smallest absolute Gasteiger partial charge is 0.354 e. The number of carboxylic acid groups (broad SMARTS) is 2. The van der Waals surface area contributed by atoms with Crippen molar-refractivity contribution in [1.82, 2.24) is 4.57 Å². The molecule has 9 heteroatoms. The van der Waals surface area contributed by atoms with E-state index >= 15 is 0 Å². The van der Waals surface area contributed by atoms with Crippen LogP contribution in [-0.4, -0.2) is 32.6 Å². The number of fused-ring (bicyclic) bond motifs is 1. The Bertz CT molecular complexity index is 1110. The maximum Gasteiger partial charge on any atom is 0.354 e. The number of aromatic nitrogens is 1. The summed E-state index contributed by atoms with van der Waals surface area (Å²) in [6, 6.07) is 11.8. The Morgan fingerprint density at radius 2 is 1.71 bits per heavy atom. The molecule has 0 bridgehead atoms. The van der Waals surface area contributed by atoms with Gasteiger partial charge in [0.25, 0.3) is 0 Å². The van der Waals surface area contributed by atoms with Crippen LogP contribution in [0.15, 0.2) is 42.5 Å². The van der Waals surface area contributed by atoms with Crippen LogP contribution >= 0.6 is 23.2 Å². The Hall–Kier alpha value is -3.03. The highest BCUT2D eigenvalue weighted by Crippen LogP contribution is 2.33. The second-order valence-electron chi connectivity index (χ2n) is 6.00. The molecule has 2 aromatic carbocycles. The van der Waals surface area contributed by atoms with Crippen molar-refractivity contribution in [2.24, 2.45) is 0 Å². The predicted molar refractivity (Wildman–Crippen MR) is 105 cm³/mol. The van der Waals surface area contributed by atoms with E-state index in [-0.39, 0.29) is 17.9 Å². The van der Waals surface area contributed by atoms with E-state index in [4.69, 9.17) is 28.3 Å². The summed E-state index contributed by atoms with van der Waals surface area (Å²) in [7, 11) is 0. The van der Waals surface area contributed by atoms with Gasteiger partial charge in [-0.25, -0.2) is 4.79 Å². The monoisotopic (exact) mass is 420 g/mol. The Balaban J connectivity index is 2.14. The minimum absolute atomic E-state index is 0.0504. The number of amides is 1. The van der Waals surface area contributed by atoms with Gasteiger partial charge in [0.15, 0.2) is 5.69 Å². The highest BCUT2D eigenvalue weighted by molar-refractivity contribution is 6.42. The summed E-state index contributed by atoms with van der Waals surface area (Å²) in [5.74, 6) is -3.39. The van der Waals surface area contributed by atoms with E-state index in [1.165, 1.54) is 4.57 Å². The number of para-hydroxylation sites is 1. The second-order valence-corrected chi connectivity index (χ2v) is 6.81. The minimum Gasteiger partial charge on any atom is -0.481 e. The van der Waals surface area contributed by atoms with Gasteiger partial charge in [-0.2, -0.15) is 0 Å². The third-order valence-electron chi connectivity index (χ3n) is 4.07. The number of carbonyl (C=O) groups excluding carboxylic acids is 1. The first-order valence-electron chi connectivity index (χ1n) is 8.08. The topological polar surface area (TPSA) is 109 Å². The SMILES string of the molecule is O=C(O)CC(=O)Nc1c(C(=O)O)n(Cc2ccc(Cl)c(Cl)c2)c2ccccc12. The molecule has 0 aliphatic carbocycles. The number of anilines is 1. The molecular weight excluding hydrogens is 407 g/mol. The normalized spacial score (nSPS) is 10.8. The highest BCUT2D eigenvalue weighted by atomic mass is 35.5. The fourth-order valence-corrected chi connectivity index (χ4v) is 3.28. The van der Waals surface area contributed by atoms with Crippen molar-refractivity contribution < 1.29 is 24.6 Å². The van der Waals surface area contributed by atoms with E-state index in [1.807, 2.05) is 0 Å². The van der Waals surface area contributed by atoms with Crippen molar-refractivity contribution in [3.05, 3.63) is 63.8 Å². The van der Waals surface area contributed by atoms with Crippen molar-refractivity contribution in [2.75, 3.05) is 5.32 Å². The summed E-state index contributed by atoms with van der Waals surface area (Å²) in [6.45, 7) is 0.161. The van der Waals surface area contributed by atoms with E-state index in [9.17, 15) is 19.5 Å². The summed E-state index contributed by atoms with van der Waals surface area (Å²) < 4.78 is 1.52. The lowest BCUT2D eigenvalue weighted by molar-refractivity contribution is -0.139. The number of hydrogen-bond donors (Lipinski definition) is 3. The van der Waals surface area contributed by atoms with Crippen LogP contribution in [0.3, 0.4) is 0 Å². The third-order valence-corrected chi connectivity index (χ3v) is 4.81. The van der Waals surface area contributed by atoms with Crippen LogP contribution in [0.25, 0.3) is 10.9 Å². The summed E-state index contributed by atoms with van der Waals surface area (Å²) in [5.41, 5.74) is 1.16. The van der Waals surface area contributed by atoms with Gasteiger partial charge in [0.1, 0.15) is 6.42 Å². The molecule has 3 aromatic rings. The van der Waals surface area contributed by atoms with Crippen molar-refractivity contribution in [2.45, 2.75) is 13.0 Å². The Kier molecular flexibility index (Phi) is 5.58. The first-order chi connectivity index (χ1) is 13.3. The zero-order valence-corrected chi connectivity index (χ0v) is 15.8. The molecule has 0 atom stereocenters. The molecule has 0 spiro atoms. The molecule has 3 N–H and O–H groups in total. The molecule has 0 saturated carbocycles. The molecule has 1 heterocycles. The van der Waals surface area contributed by atoms with Gasteiger partial charge < -0.3 is 20.1 Å². The van der Waals surface area contributed by atoms with Crippen LogP contribution in [0.5, 0.6) is 0 Å². The van der Waals surface area contributed by atoms with Crippen LogP contribution in [-0.2, 0) is 16.1 Å². The number of carboxylic acids is 2. The molecular formula is C19H14Cl2N2O5. The number of rotatable bonds is 6. The average molecular weight is 421 g/mol. The Morgan fingerprint density at radius 3 is 2.36 bits per heavy atom. The maximum atomic E-state index is 12.0. The first kappa shape index (κ1) is 19.7. The van der Waals surface area contributed by atoms with Crippen LogP contribution in [0.4, 0.5) is 5.69 Å². The molecule has 28 heavy (non-hydrogen) atoms. The molecule has 0 aliphatic heterocycles. The molecule has 0 fully saturated rings. The number of nitrogens with zero attached hydrogens (tertiary/aromatic N) is 1. The molecule has 0 saturated heterocycles. The molecule has 0 radical (unpaired) electrons. The largest absolute Gasteiger partial charge is 0.481 e. The predicted octanol–water partition coefficient (Wildman–Crippen LogP) is 4.11. The van der Waals surface area contributed by atoms with Gasteiger partial charge in [-0.05, 0) is 23.8 Å². The van der Waals surface area contributed by atoms with Gasteiger partial charge in [-0.15, -0.1) is 0 Å². The summed E-state index contributed by atoms with van der Waals surface area (Å²) in [4.78, 5) is 34.7. The van der Waals surface area contributed by atoms with Crippen LogP contribution < -0.4 is 5.32 Å². The minimum atomic E-state index is -1.31. The molecule has 7 nitrogen and oxygen atoms in total. The second kappa shape index (κ2) is 7.92. The quantitative estimate of drug-likeness (QED) is 0.519. The van der Waals surface area contributed by atoms with Crippen molar-refractivity contribution in [3.8, 4) is 0 Å². The number of halogens is 2. The van der Waals surface area contributed by atoms with Crippen molar-refractivity contribution in [3.63, 3.8) is 0 Å². The number of aliphatic carboxylic acids is 1. The number of hydrogen-bond acceptors (Lipinski definition) is 3. The average Bonchev–Trinajstić information content (AvgIpc) is 2.91. The maximum absolute atomic E-state index is 12.0. The molecule has 0 unspecified atom stereocenters. The standard InChI is InChI=1S/C19H14Cl2N2O5/c20-12-6-5-10(7-13(12)21)9-23-14-4-2-1-3-11(14)17(18(23)19(27)28)22-15(24)8-16(25)26/h1-7H,8-9H2,(H,22,24)(H,25,26)(H,27,28). The van der Waals surface area contributed by atoms with E-state index in [0.29, 0.717) is 26.5 Å². The van der Waals surface area contributed by atoms with Gasteiger partial charge in [0.2, 0.25) is 5.91 Å². The highest BCUT2D eigenvalue weighted by Gasteiger charge is 2.24. The molecule has 1 amide bonds. The van der Waals surface area contributed by atoms with Crippen LogP contribution in [0.1, 0.15) is 22.5 Å². The van der Waals surface area contributed by atoms with Gasteiger partial charge >= 0.3 is 11.9 Å². The van der Waals surface area contributed by atoms with Crippen LogP contribution in [0.2, 0.25) is 10.0 Å². The lowest BCUT2D eigenvalue weighted by Gasteiger charge is -2.10. The van der Waals surface area contributed by atoms with E-state index in [1.54, 1.807) is 42.5 Å². The van der Waals surface area contributed by atoms with Crippen molar-refractivity contribution >= 4 is 57.6 Å². The van der Waals surface area contributed by atoms with E-state index in [2.05, 4.69) is 5.32 Å². The zero-order valence-electron chi connectivity index (χ0n) is 14.3. The summed E-state index contributed by atoms with van der Waals surface area (Å²) >= 11 is 12.0. The van der Waals surface area contributed by atoms with Crippen LogP contribution in [0, 0.1) is 0 Å². The van der Waals surface area contributed by atoms with Gasteiger partial charge in [0, 0.05) is 11.9 Å². The molecule has 1 aromatic heterocycles. The number of nitrogens with one attached hydrogen (secondary N) is 1. The Morgan fingerprint density at radius 1 is 1.00 bits per heavy atom. The third kappa shape index (κ3) is 3.95. The summed E-state index contributed by atoms with van der Waals surface area (Å²) in [5, 5.41) is 22.2. The van der Waals surface area contributed by atoms with E-state index < -0.39 is 24.3 Å². The lowest BCUT2D eigenvalue weighted by atomic mass is 10.2. The Labute approximate surface area is 169 Å². The molecule has 144 valence electrons. The lowest BCUT2D eigenvalue weighted by Crippen LogP contribution is -2.18. The van der Waals surface area contributed by atoms with Crippen molar-refractivity contribution in [1.29, 1.82) is 0 Å². The molecule has 3 rings (SSSR count). The zero-order chi connectivity index (χ0) is 20.4. The fraction of sp³-hybridized carbons (Fsp3) is 0.105. The number of aromatic carboxylic acids is 1. The van der Waals surface area contributed by atoms with Gasteiger partial charge in [-0.1, -0.05) is 47.5 Å². The fourth-order valence-electron chi connectivity index (χ4n) is 2.96. The van der Waals surface area contributed by atoms with Gasteiger partial charge in [-0.3, -0.25) is 9.59 Å². The number of carbonyl (C=O) groups is 3. The van der Waals surface area contributed by atoms with Gasteiger partial charge in [0.05, 0.1) is 21.2 Å². The van der Waals surface area contributed by atoms with E-state index in [0.717, 1.165) is 0 Å². The number of benzene rings is 2.